The second-order valence-electron chi connectivity index (χ2n) is 6.88. The molecule has 2 aliphatic rings. The molecule has 2 aliphatic heterocycles. The Morgan fingerprint density at radius 3 is 0.955 bits per heavy atom. The van der Waals surface area contributed by atoms with Crippen LogP contribution in [0.1, 0.15) is 92.9 Å². The Kier molecular flexibility index (Phi) is 10.9. The molecule has 0 N–H and O–H groups in total. The number of hydrogen-bond acceptors (Lipinski definition) is 0. The maximum Gasteiger partial charge on any atom is -0.0209 e. The van der Waals surface area contributed by atoms with Gasteiger partial charge >= 0.3 is 0 Å². The van der Waals surface area contributed by atoms with Crippen molar-refractivity contribution < 1.29 is 0 Å². The van der Waals surface area contributed by atoms with Crippen molar-refractivity contribution in [2.24, 2.45) is 0 Å². The molecule has 132 valence electrons. The van der Waals surface area contributed by atoms with E-state index in [1.54, 1.807) is 38.0 Å². The summed E-state index contributed by atoms with van der Waals surface area (Å²) in [5.41, 5.74) is 4.53. The van der Waals surface area contributed by atoms with Crippen molar-refractivity contribution in [3.63, 3.8) is 0 Å². The van der Waals surface area contributed by atoms with Gasteiger partial charge in [0.15, 0.2) is 0 Å². The topological polar surface area (TPSA) is 0 Å². The second kappa shape index (κ2) is 11.4. The maximum atomic E-state index is 2.45. The van der Waals surface area contributed by atoms with E-state index in [0.717, 1.165) is 22.6 Å². The molecule has 0 aliphatic carbocycles. The summed E-state index contributed by atoms with van der Waals surface area (Å²) in [6.07, 6.45) is 15.4. The van der Waals surface area contributed by atoms with Crippen molar-refractivity contribution in [2.75, 3.05) is 12.3 Å². The summed E-state index contributed by atoms with van der Waals surface area (Å²) in [6, 6.07) is 0. The molecular weight excluding hydrogens is 302 g/mol. The Labute approximate surface area is 144 Å². The minimum Gasteiger partial charge on any atom is -0.100 e. The van der Waals surface area contributed by atoms with Crippen LogP contribution in [0, 0.1) is 0 Å². The van der Waals surface area contributed by atoms with E-state index in [2.05, 4.69) is 27.7 Å². The summed E-state index contributed by atoms with van der Waals surface area (Å²) in [7, 11) is 0.759. The van der Waals surface area contributed by atoms with Gasteiger partial charge in [-0.25, -0.2) is 0 Å². The predicted octanol–water partition coefficient (Wildman–Crippen LogP) is 7.68. The Balaban J connectivity index is 0.00000116. The molecule has 0 radical (unpaired) electrons. The second-order valence-corrected chi connectivity index (χ2v) is 12.8. The van der Waals surface area contributed by atoms with Crippen molar-refractivity contribution >= 4 is 15.8 Å². The SMILES string of the molecule is CC.CCC1CC[C@H](CC)P1CCP1C(CC)CC[C@@H]1CC. The number of rotatable bonds is 7. The standard InChI is InChI=1S/C18H36P2.C2H6/c1-5-15-9-10-16(6-2)19(15)13-14-20-17(7-3)11-12-18(20)8-4;1-2/h15-18H,5-14H2,1-4H3;1-2H3/t15-,16?,17-,18?,19?,20?;/m0./s1. The summed E-state index contributed by atoms with van der Waals surface area (Å²) >= 11 is 0. The lowest BCUT2D eigenvalue weighted by atomic mass is 10.1. The third-order valence-electron chi connectivity index (χ3n) is 6.04. The Morgan fingerprint density at radius 2 is 0.773 bits per heavy atom. The molecule has 2 heterocycles. The largest absolute Gasteiger partial charge is 0.100 e. The van der Waals surface area contributed by atoms with E-state index in [9.17, 15) is 0 Å². The lowest BCUT2D eigenvalue weighted by molar-refractivity contribution is 0.696. The van der Waals surface area contributed by atoms with Crippen molar-refractivity contribution in [1.82, 2.24) is 0 Å². The van der Waals surface area contributed by atoms with Crippen LogP contribution in [0.15, 0.2) is 0 Å². The van der Waals surface area contributed by atoms with Crippen molar-refractivity contribution in [2.45, 2.75) is 116 Å². The van der Waals surface area contributed by atoms with Gasteiger partial charge in [0.1, 0.15) is 0 Å². The lowest BCUT2D eigenvalue weighted by Gasteiger charge is -2.30. The first kappa shape index (κ1) is 20.9. The lowest BCUT2D eigenvalue weighted by Crippen LogP contribution is -2.12. The molecule has 2 rings (SSSR count). The first-order chi connectivity index (χ1) is 10.7. The van der Waals surface area contributed by atoms with E-state index >= 15 is 0 Å². The minimum atomic E-state index is 0.380. The fourth-order valence-corrected chi connectivity index (χ4v) is 13.0. The summed E-state index contributed by atoms with van der Waals surface area (Å²) in [5.74, 6) is 0. The quantitative estimate of drug-likeness (QED) is 0.415. The molecule has 22 heavy (non-hydrogen) atoms. The first-order valence-corrected chi connectivity index (χ1v) is 13.6. The van der Waals surface area contributed by atoms with Gasteiger partial charge in [0.25, 0.3) is 0 Å². The van der Waals surface area contributed by atoms with Gasteiger partial charge in [-0.2, -0.15) is 0 Å². The monoisotopic (exact) mass is 344 g/mol. The average Bonchev–Trinajstić information content (AvgIpc) is 3.16. The highest BCUT2D eigenvalue weighted by Gasteiger charge is 2.37. The van der Waals surface area contributed by atoms with E-state index in [1.165, 1.54) is 25.7 Å². The molecule has 0 aromatic carbocycles. The highest BCUT2D eigenvalue weighted by atomic mass is 31.1. The zero-order valence-electron chi connectivity index (χ0n) is 16.3. The molecule has 0 aromatic rings. The van der Waals surface area contributed by atoms with Crippen LogP contribution in [0.4, 0.5) is 0 Å². The Bertz CT molecular complexity index is 227. The van der Waals surface area contributed by atoms with Crippen molar-refractivity contribution in [3.05, 3.63) is 0 Å². The fraction of sp³-hybridized carbons (Fsp3) is 1.00. The summed E-state index contributed by atoms with van der Waals surface area (Å²) in [6.45, 7) is 13.8. The Morgan fingerprint density at radius 1 is 0.545 bits per heavy atom. The normalized spacial score (nSPS) is 37.9. The van der Waals surface area contributed by atoms with Gasteiger partial charge in [-0.15, -0.1) is 15.8 Å². The molecule has 0 aromatic heterocycles. The van der Waals surface area contributed by atoms with Gasteiger partial charge in [-0.3, -0.25) is 0 Å². The van der Waals surface area contributed by atoms with Crippen LogP contribution in [0.5, 0.6) is 0 Å². The third-order valence-corrected chi connectivity index (χ3v) is 14.1. The van der Waals surface area contributed by atoms with Crippen molar-refractivity contribution in [1.29, 1.82) is 0 Å². The molecular formula is C20H42P2. The van der Waals surface area contributed by atoms with Gasteiger partial charge < -0.3 is 0 Å². The molecule has 0 spiro atoms. The molecule has 0 bridgehead atoms. The predicted molar refractivity (Wildman–Crippen MR) is 110 cm³/mol. The van der Waals surface area contributed by atoms with Crippen LogP contribution < -0.4 is 0 Å². The zero-order chi connectivity index (χ0) is 16.5. The molecule has 2 saturated heterocycles. The molecule has 6 atom stereocenters. The molecule has 4 unspecified atom stereocenters. The van der Waals surface area contributed by atoms with Crippen LogP contribution in [-0.2, 0) is 0 Å². The van der Waals surface area contributed by atoms with Crippen LogP contribution in [0.2, 0.25) is 0 Å². The number of hydrogen-bond donors (Lipinski definition) is 0. The highest BCUT2D eigenvalue weighted by molar-refractivity contribution is 7.63. The molecule has 0 saturated carbocycles. The van der Waals surface area contributed by atoms with Crippen LogP contribution in [-0.4, -0.2) is 35.0 Å². The molecule has 0 nitrogen and oxygen atoms in total. The first-order valence-electron chi connectivity index (χ1n) is 10.3. The summed E-state index contributed by atoms with van der Waals surface area (Å²) in [5, 5.41) is 0. The minimum absolute atomic E-state index is 0.380. The molecule has 2 fully saturated rings. The van der Waals surface area contributed by atoms with Crippen LogP contribution in [0.25, 0.3) is 0 Å². The van der Waals surface area contributed by atoms with Gasteiger partial charge in [-0.1, -0.05) is 41.5 Å². The van der Waals surface area contributed by atoms with Crippen molar-refractivity contribution in [3.8, 4) is 0 Å². The Hall–Kier alpha value is 0.860. The van der Waals surface area contributed by atoms with Crippen LogP contribution >= 0.6 is 15.8 Å². The van der Waals surface area contributed by atoms with E-state index in [1.807, 2.05) is 13.8 Å². The maximum absolute atomic E-state index is 2.45. The van der Waals surface area contributed by atoms with Gasteiger partial charge in [0.2, 0.25) is 0 Å². The van der Waals surface area contributed by atoms with Gasteiger partial charge in [0.05, 0.1) is 0 Å². The smallest absolute Gasteiger partial charge is 0.0209 e. The van der Waals surface area contributed by atoms with Gasteiger partial charge in [-0.05, 0) is 86.3 Å². The average molecular weight is 345 g/mol. The summed E-state index contributed by atoms with van der Waals surface area (Å²) in [4.78, 5) is 0. The van der Waals surface area contributed by atoms with E-state index < -0.39 is 0 Å². The highest BCUT2D eigenvalue weighted by Crippen LogP contribution is 2.63. The van der Waals surface area contributed by atoms with E-state index in [0.29, 0.717) is 15.8 Å². The summed E-state index contributed by atoms with van der Waals surface area (Å²) < 4.78 is 0. The fourth-order valence-electron chi connectivity index (χ4n) is 4.74. The van der Waals surface area contributed by atoms with Crippen LogP contribution in [0.3, 0.4) is 0 Å². The van der Waals surface area contributed by atoms with Gasteiger partial charge in [0, 0.05) is 0 Å². The van der Waals surface area contributed by atoms with E-state index in [-0.39, 0.29) is 0 Å². The molecule has 0 amide bonds. The third kappa shape index (κ3) is 5.18. The molecule has 2 heteroatoms. The van der Waals surface area contributed by atoms with E-state index in [4.69, 9.17) is 0 Å². The zero-order valence-corrected chi connectivity index (χ0v) is 18.1.